The number of amides is 1. The molecule has 2 aromatic heterocycles. The van der Waals surface area contributed by atoms with Crippen LogP contribution in [0.3, 0.4) is 0 Å². The fraction of sp³-hybridized carbons (Fsp3) is 0.469. The minimum absolute atomic E-state index is 0.0761. The molecule has 1 amide bonds. The highest BCUT2D eigenvalue weighted by molar-refractivity contribution is 7.90. The summed E-state index contributed by atoms with van der Waals surface area (Å²) in [6, 6.07) is 20.4. The van der Waals surface area contributed by atoms with E-state index in [1.165, 1.54) is 18.4 Å². The number of nitro groups is 1. The predicted octanol–water partition coefficient (Wildman–Crippen LogP) is 6.72. The molecular formula is C49H56N8O10S2. The quantitative estimate of drug-likeness (QED) is 0.0874. The second kappa shape index (κ2) is 17.9. The lowest BCUT2D eigenvalue weighted by Gasteiger charge is -2.56. The minimum Gasteiger partial charge on any atom is -0.468 e. The summed E-state index contributed by atoms with van der Waals surface area (Å²) in [6.45, 7) is 4.76. The van der Waals surface area contributed by atoms with Crippen molar-refractivity contribution in [3.63, 3.8) is 0 Å². The Kier molecular flexibility index (Phi) is 11.8. The van der Waals surface area contributed by atoms with Gasteiger partial charge >= 0.3 is 0 Å². The Hall–Kier alpha value is -5.80. The molecule has 3 atom stereocenters. The Bertz CT molecular complexity index is 3040. The summed E-state index contributed by atoms with van der Waals surface area (Å²) in [5, 5.41) is 16.2. The standard InChI is InChI=1S/C49H56N8O10S2/c1-68(61,62)45-7-3-2-5-36(45)39-6-4-18-55(39)34-26-49(27-34)15-19-54(20-16-49)33-8-10-37(40(24-33)56-42-23-32-12-17-50-46(32)52-48(42)67-44-30-66-29-43(44)56)47(58)53-69(63,64)35-9-11-38(41(25-35)57(59)60)51-28-31-13-21-65-22-14-31/h2-3,5,7-12,17,23-25,31,34,39,43-44,51H,4,6,13-16,18-22,26-30H2,1H3,(H,50,52)(H,53,58)/t39-,43+,44+/m0/s1. The fourth-order valence-corrected chi connectivity index (χ4v) is 13.7. The average molecular weight is 981 g/mol. The molecule has 0 radical (unpaired) electrons. The first kappa shape index (κ1) is 45.6. The number of aromatic amines is 1. The summed E-state index contributed by atoms with van der Waals surface area (Å²) in [6.07, 6.45) is 10.2. The van der Waals surface area contributed by atoms with Gasteiger partial charge in [-0.1, -0.05) is 18.2 Å². The van der Waals surface area contributed by atoms with E-state index in [0.29, 0.717) is 53.6 Å². The van der Waals surface area contributed by atoms with Crippen molar-refractivity contribution in [1.82, 2.24) is 19.6 Å². The molecule has 1 spiro atoms. The Labute approximate surface area is 400 Å². The van der Waals surface area contributed by atoms with Crippen LogP contribution < -0.4 is 24.6 Å². The first-order chi connectivity index (χ1) is 33.2. The van der Waals surface area contributed by atoms with Crippen LogP contribution in [-0.4, -0.2) is 120 Å². The third kappa shape index (κ3) is 8.67. The van der Waals surface area contributed by atoms with Crippen molar-refractivity contribution < 1.29 is 40.8 Å². The zero-order chi connectivity index (χ0) is 47.7. The monoisotopic (exact) mass is 980 g/mol. The molecule has 1 saturated carbocycles. The summed E-state index contributed by atoms with van der Waals surface area (Å²) in [5.74, 6) is -0.301. The maximum atomic E-state index is 14.6. The molecule has 364 valence electrons. The number of anilines is 4. The molecule has 4 saturated heterocycles. The third-order valence-corrected chi connectivity index (χ3v) is 17.9. The molecule has 5 aromatic rings. The smallest absolute Gasteiger partial charge is 0.293 e. The number of hydrogen-bond donors (Lipinski definition) is 3. The molecule has 69 heavy (non-hydrogen) atoms. The fourth-order valence-electron chi connectivity index (χ4n) is 11.7. The molecular weight excluding hydrogens is 925 g/mol. The van der Waals surface area contributed by atoms with Crippen LogP contribution in [0.5, 0.6) is 5.88 Å². The molecule has 6 aliphatic rings. The van der Waals surface area contributed by atoms with Gasteiger partial charge in [0.15, 0.2) is 9.84 Å². The normalized spacial score (nSPS) is 23.1. The van der Waals surface area contributed by atoms with Crippen molar-refractivity contribution in [3.05, 3.63) is 100 Å². The largest absolute Gasteiger partial charge is 0.468 e. The average Bonchev–Trinajstić information content (AvgIpc) is 4.13. The number of H-pyrrole nitrogens is 1. The zero-order valence-electron chi connectivity index (χ0n) is 38.3. The second-order valence-electron chi connectivity index (χ2n) is 19.6. The number of benzene rings is 3. The molecule has 18 nitrogen and oxygen atoms in total. The number of rotatable bonds is 12. The first-order valence-corrected chi connectivity index (χ1v) is 27.2. The predicted molar refractivity (Wildman–Crippen MR) is 259 cm³/mol. The molecule has 1 aliphatic carbocycles. The first-order valence-electron chi connectivity index (χ1n) is 23.9. The lowest BCUT2D eigenvalue weighted by atomic mass is 9.60. The minimum atomic E-state index is -4.62. The van der Waals surface area contributed by atoms with E-state index in [1.54, 1.807) is 24.4 Å². The number of carbonyl (C=O) groups is 1. The lowest BCUT2D eigenvalue weighted by molar-refractivity contribution is -0.384. The highest BCUT2D eigenvalue weighted by Crippen LogP contribution is 2.55. The van der Waals surface area contributed by atoms with Crippen molar-refractivity contribution in [3.8, 4) is 5.88 Å². The number of nitrogens with one attached hydrogen (secondary N) is 3. The summed E-state index contributed by atoms with van der Waals surface area (Å²) in [4.78, 5) is 41.0. The van der Waals surface area contributed by atoms with Crippen molar-refractivity contribution in [2.75, 3.05) is 74.0 Å². The van der Waals surface area contributed by atoms with E-state index in [9.17, 15) is 31.7 Å². The van der Waals surface area contributed by atoms with E-state index < -0.39 is 47.4 Å². The van der Waals surface area contributed by atoms with Crippen LogP contribution in [0.2, 0.25) is 0 Å². The van der Waals surface area contributed by atoms with E-state index >= 15 is 0 Å². The Morgan fingerprint density at radius 3 is 2.51 bits per heavy atom. The van der Waals surface area contributed by atoms with E-state index in [4.69, 9.17) is 19.2 Å². The van der Waals surface area contributed by atoms with Crippen molar-refractivity contribution in [2.45, 2.75) is 85.4 Å². The summed E-state index contributed by atoms with van der Waals surface area (Å²) >= 11 is 0. The van der Waals surface area contributed by atoms with Crippen LogP contribution >= 0.6 is 0 Å². The van der Waals surface area contributed by atoms with Gasteiger partial charge in [0.25, 0.3) is 21.6 Å². The van der Waals surface area contributed by atoms with Gasteiger partial charge < -0.3 is 34.3 Å². The topological polar surface area (TPSA) is 219 Å². The van der Waals surface area contributed by atoms with Gasteiger partial charge in [-0.2, -0.15) is 4.98 Å². The summed E-state index contributed by atoms with van der Waals surface area (Å²) < 4.78 is 73.7. The van der Waals surface area contributed by atoms with E-state index in [1.807, 2.05) is 41.3 Å². The van der Waals surface area contributed by atoms with Crippen LogP contribution in [0.25, 0.3) is 11.0 Å². The van der Waals surface area contributed by atoms with Crippen LogP contribution in [-0.2, 0) is 29.3 Å². The molecule has 11 rings (SSSR count). The van der Waals surface area contributed by atoms with Crippen molar-refractivity contribution in [2.24, 2.45) is 11.3 Å². The number of nitrogens with zero attached hydrogens (tertiary/aromatic N) is 5. The molecule has 7 heterocycles. The number of carbonyl (C=O) groups excluding carboxylic acids is 1. The number of sulfonamides is 1. The number of piperidine rings is 1. The number of fused-ring (bicyclic) bond motifs is 3. The molecule has 0 bridgehead atoms. The molecule has 3 aromatic carbocycles. The number of likely N-dealkylation sites (tertiary alicyclic amines) is 1. The second-order valence-corrected chi connectivity index (χ2v) is 23.3. The highest BCUT2D eigenvalue weighted by atomic mass is 32.2. The maximum absolute atomic E-state index is 14.6. The van der Waals surface area contributed by atoms with Crippen LogP contribution in [0.1, 0.15) is 73.3 Å². The van der Waals surface area contributed by atoms with Gasteiger partial charge in [-0.15, -0.1) is 0 Å². The van der Waals surface area contributed by atoms with Gasteiger partial charge in [0.2, 0.25) is 5.88 Å². The number of sulfone groups is 1. The van der Waals surface area contributed by atoms with Gasteiger partial charge in [0.05, 0.1) is 45.2 Å². The van der Waals surface area contributed by atoms with Gasteiger partial charge in [-0.25, -0.2) is 21.6 Å². The van der Waals surface area contributed by atoms with Crippen LogP contribution in [0.15, 0.2) is 88.8 Å². The van der Waals surface area contributed by atoms with Gasteiger partial charge in [0, 0.05) is 74.5 Å². The number of hydrogen-bond acceptors (Lipinski definition) is 15. The van der Waals surface area contributed by atoms with Gasteiger partial charge in [-0.05, 0) is 123 Å². The number of nitro benzene ring substituents is 1. The Morgan fingerprint density at radius 1 is 0.928 bits per heavy atom. The number of pyridine rings is 1. The zero-order valence-corrected chi connectivity index (χ0v) is 40.0. The maximum Gasteiger partial charge on any atom is 0.293 e. The molecule has 3 N–H and O–H groups in total. The lowest BCUT2D eigenvalue weighted by Crippen LogP contribution is -2.55. The Balaban J connectivity index is 0.865. The summed E-state index contributed by atoms with van der Waals surface area (Å²) in [5.41, 5.74) is 3.45. The molecule has 0 unspecified atom stereocenters. The third-order valence-electron chi connectivity index (χ3n) is 15.4. The Morgan fingerprint density at radius 2 is 1.72 bits per heavy atom. The number of aromatic nitrogens is 2. The molecule has 5 aliphatic heterocycles. The van der Waals surface area contributed by atoms with Gasteiger partial charge in [-0.3, -0.25) is 19.8 Å². The number of ether oxygens (including phenoxy) is 3. The highest BCUT2D eigenvalue weighted by Gasteiger charge is 2.50. The van der Waals surface area contributed by atoms with Gasteiger partial charge in [0.1, 0.15) is 23.1 Å². The molecule has 20 heteroatoms. The van der Waals surface area contributed by atoms with Crippen molar-refractivity contribution in [1.29, 1.82) is 0 Å². The summed E-state index contributed by atoms with van der Waals surface area (Å²) in [7, 11) is -7.98. The van der Waals surface area contributed by atoms with Crippen molar-refractivity contribution >= 4 is 65.2 Å². The SMILES string of the molecule is CS(=O)(=O)c1ccccc1[C@@H]1CCCN1C1CC2(CCN(c3ccc(C(=O)NS(=O)(=O)c4ccc(NCC5CCOCC5)c([N+](=O)[O-])c4)c(N4c5cc6cc[nH]c6nc5O[C@@H]5COC[C@H]54)c3)CC2)C1. The van der Waals surface area contributed by atoms with Crippen LogP contribution in [0, 0.1) is 21.4 Å². The van der Waals surface area contributed by atoms with E-state index in [2.05, 4.69) is 24.8 Å². The molecule has 5 fully saturated rings. The van der Waals surface area contributed by atoms with Crippen LogP contribution in [0.4, 0.5) is 28.4 Å². The van der Waals surface area contributed by atoms with E-state index in [0.717, 1.165) is 93.7 Å². The van der Waals surface area contributed by atoms with E-state index in [-0.39, 0.29) is 47.9 Å².